The number of hydrogen-bond donors (Lipinski definition) is 0. The van der Waals surface area contributed by atoms with Gasteiger partial charge >= 0.3 is 11.9 Å². The average molecular weight is 278 g/mol. The van der Waals surface area contributed by atoms with Gasteiger partial charge in [0.05, 0.1) is 0 Å². The van der Waals surface area contributed by atoms with Crippen LogP contribution in [0.2, 0.25) is 0 Å². The Morgan fingerprint density at radius 1 is 1.25 bits per heavy atom. The Hall–Kier alpha value is -0.497. The molecule has 0 aliphatic rings. The van der Waals surface area contributed by atoms with E-state index in [4.69, 9.17) is 0 Å². The number of ether oxygens (including phenoxy) is 1. The molecule has 3 nitrogen and oxygen atoms in total. The van der Waals surface area contributed by atoms with Gasteiger partial charge in [-0.2, -0.15) is 0 Å². The second-order valence-electron chi connectivity index (χ2n) is 4.18. The zero-order valence-electron chi connectivity index (χ0n) is 10.5. The van der Waals surface area contributed by atoms with Crippen LogP contribution in [0.3, 0.4) is 0 Å². The number of unbranched alkanes of at least 4 members (excludes halogenated alkanes) is 1. The van der Waals surface area contributed by atoms with Crippen molar-refractivity contribution in [2.24, 2.45) is 5.92 Å². The van der Waals surface area contributed by atoms with Gasteiger partial charge in [0.25, 0.3) is 0 Å². The van der Waals surface area contributed by atoms with Gasteiger partial charge in [0, 0.05) is 31.5 Å². The molecule has 0 radical (unpaired) electrons. The van der Waals surface area contributed by atoms with Crippen molar-refractivity contribution < 1.29 is 33.8 Å². The number of esters is 2. The molecular formula is C12H20O3Zn. The predicted molar refractivity (Wildman–Crippen MR) is 59.2 cm³/mol. The third-order valence-corrected chi connectivity index (χ3v) is 1.97. The van der Waals surface area contributed by atoms with Gasteiger partial charge in [-0.3, -0.25) is 4.79 Å². The summed E-state index contributed by atoms with van der Waals surface area (Å²) in [6.07, 6.45) is 3.18. The molecule has 0 heterocycles. The van der Waals surface area contributed by atoms with Crippen LogP contribution in [0.1, 0.15) is 46.5 Å². The summed E-state index contributed by atoms with van der Waals surface area (Å²) in [5.41, 5.74) is 0.255. The Labute approximate surface area is 110 Å². The van der Waals surface area contributed by atoms with Crippen LogP contribution in [-0.4, -0.2) is 11.9 Å². The summed E-state index contributed by atoms with van der Waals surface area (Å²) in [6.45, 7) is 9.21. The fourth-order valence-corrected chi connectivity index (χ4v) is 1.06. The zero-order chi connectivity index (χ0) is 11.8. The summed E-state index contributed by atoms with van der Waals surface area (Å²) in [4.78, 5) is 22.1. The van der Waals surface area contributed by atoms with E-state index in [2.05, 4.69) is 25.2 Å². The maximum atomic E-state index is 11.1. The summed E-state index contributed by atoms with van der Waals surface area (Å²) < 4.78 is 4.54. The number of carbonyl (C=O) groups is 2. The largest absolute Gasteiger partial charge is 0.390 e. The van der Waals surface area contributed by atoms with Crippen LogP contribution >= 0.6 is 0 Å². The molecule has 0 aliphatic heterocycles. The molecule has 4 heteroatoms. The van der Waals surface area contributed by atoms with Crippen LogP contribution in [0.5, 0.6) is 0 Å². The average Bonchev–Trinajstić information content (AvgIpc) is 2.12. The Kier molecular flexibility index (Phi) is 10.9. The van der Waals surface area contributed by atoms with E-state index in [0.717, 1.165) is 19.3 Å². The molecule has 0 aromatic carbocycles. The van der Waals surface area contributed by atoms with E-state index in [1.807, 2.05) is 0 Å². The van der Waals surface area contributed by atoms with Crippen molar-refractivity contribution >= 4 is 11.9 Å². The number of rotatable bonds is 6. The molecule has 88 valence electrons. The van der Waals surface area contributed by atoms with Crippen molar-refractivity contribution in [1.82, 2.24) is 0 Å². The first-order valence-corrected chi connectivity index (χ1v) is 5.34. The van der Waals surface area contributed by atoms with Crippen LogP contribution in [0, 0.1) is 5.92 Å². The minimum atomic E-state index is -0.621. The second kappa shape index (κ2) is 9.71. The first-order chi connectivity index (χ1) is 6.93. The standard InChI is InChI=1S/C12H20O3.Zn/c1-9(2)7-5-6-8-11(13)15-12(14)10(3)4;/h9H,3,5-8H2,1-2,4H3;. The molecule has 16 heavy (non-hydrogen) atoms. The van der Waals surface area contributed by atoms with E-state index < -0.39 is 11.9 Å². The molecule has 0 saturated heterocycles. The van der Waals surface area contributed by atoms with E-state index in [0.29, 0.717) is 12.3 Å². The minimum Gasteiger partial charge on any atom is -0.390 e. The summed E-state index contributed by atoms with van der Waals surface area (Å²) in [7, 11) is 0. The predicted octanol–water partition coefficient (Wildman–Crippen LogP) is 2.85. The molecule has 0 amide bonds. The smallest absolute Gasteiger partial charge is 0.340 e. The molecule has 0 aromatic heterocycles. The fraction of sp³-hybridized carbons (Fsp3) is 0.667. The zero-order valence-corrected chi connectivity index (χ0v) is 13.5. The first kappa shape index (κ1) is 17.9. The summed E-state index contributed by atoms with van der Waals surface area (Å²) in [5.74, 6) is -0.423. The molecule has 0 saturated carbocycles. The topological polar surface area (TPSA) is 43.4 Å². The molecule has 0 N–H and O–H groups in total. The van der Waals surface area contributed by atoms with Crippen molar-refractivity contribution in [2.45, 2.75) is 46.5 Å². The maximum absolute atomic E-state index is 11.1. The third-order valence-electron chi connectivity index (χ3n) is 1.97. The molecule has 0 aromatic rings. The first-order valence-electron chi connectivity index (χ1n) is 5.34. The number of hydrogen-bond acceptors (Lipinski definition) is 3. The van der Waals surface area contributed by atoms with Crippen molar-refractivity contribution in [3.8, 4) is 0 Å². The van der Waals surface area contributed by atoms with E-state index >= 15 is 0 Å². The molecule has 0 aliphatic carbocycles. The van der Waals surface area contributed by atoms with Crippen molar-refractivity contribution in [1.29, 1.82) is 0 Å². The van der Waals surface area contributed by atoms with Gasteiger partial charge in [-0.15, -0.1) is 0 Å². The Morgan fingerprint density at radius 2 is 1.81 bits per heavy atom. The molecule has 0 bridgehead atoms. The van der Waals surface area contributed by atoms with E-state index in [1.54, 1.807) is 0 Å². The van der Waals surface area contributed by atoms with Crippen LogP contribution < -0.4 is 0 Å². The molecule has 0 unspecified atom stereocenters. The normalized spacial score (nSPS) is 9.50. The molecule has 0 atom stereocenters. The van der Waals surface area contributed by atoms with Gasteiger partial charge in [-0.1, -0.05) is 33.3 Å². The van der Waals surface area contributed by atoms with Crippen LogP contribution in [-0.2, 0) is 33.8 Å². The van der Waals surface area contributed by atoms with Gasteiger partial charge < -0.3 is 4.74 Å². The van der Waals surface area contributed by atoms with Gasteiger partial charge in [0.2, 0.25) is 0 Å². The molecule has 0 rings (SSSR count). The van der Waals surface area contributed by atoms with E-state index in [1.165, 1.54) is 6.92 Å². The van der Waals surface area contributed by atoms with E-state index in [-0.39, 0.29) is 25.1 Å². The van der Waals surface area contributed by atoms with Crippen molar-refractivity contribution in [3.05, 3.63) is 12.2 Å². The maximum Gasteiger partial charge on any atom is 0.340 e. The summed E-state index contributed by atoms with van der Waals surface area (Å²) in [5, 5.41) is 0. The van der Waals surface area contributed by atoms with Gasteiger partial charge in [-0.25, -0.2) is 4.79 Å². The van der Waals surface area contributed by atoms with Gasteiger partial charge in [-0.05, 0) is 19.3 Å². The second-order valence-corrected chi connectivity index (χ2v) is 4.18. The van der Waals surface area contributed by atoms with Crippen molar-refractivity contribution in [2.75, 3.05) is 0 Å². The quantitative estimate of drug-likeness (QED) is 0.246. The molecule has 0 spiro atoms. The Morgan fingerprint density at radius 3 is 2.25 bits per heavy atom. The van der Waals surface area contributed by atoms with Crippen LogP contribution in [0.15, 0.2) is 12.2 Å². The monoisotopic (exact) mass is 276 g/mol. The Balaban J connectivity index is 0. The summed E-state index contributed by atoms with van der Waals surface area (Å²) >= 11 is 0. The third kappa shape index (κ3) is 10.0. The van der Waals surface area contributed by atoms with Crippen molar-refractivity contribution in [3.63, 3.8) is 0 Å². The van der Waals surface area contributed by atoms with Crippen LogP contribution in [0.4, 0.5) is 0 Å². The SMILES string of the molecule is C=C(C)C(=O)OC(=O)CCCCC(C)C.[Zn]. The minimum absolute atomic E-state index is 0. The van der Waals surface area contributed by atoms with Crippen LogP contribution in [0.25, 0.3) is 0 Å². The van der Waals surface area contributed by atoms with Gasteiger partial charge in [0.15, 0.2) is 0 Å². The van der Waals surface area contributed by atoms with E-state index in [9.17, 15) is 9.59 Å². The molecular weight excluding hydrogens is 258 g/mol. The molecule has 0 fully saturated rings. The van der Waals surface area contributed by atoms with Gasteiger partial charge in [0.1, 0.15) is 0 Å². The fourth-order valence-electron chi connectivity index (χ4n) is 1.06. The number of carbonyl (C=O) groups excluding carboxylic acids is 2. The summed E-state index contributed by atoms with van der Waals surface area (Å²) in [6, 6.07) is 0. The Bertz CT molecular complexity index is 247.